The van der Waals surface area contributed by atoms with Crippen molar-refractivity contribution in [3.8, 4) is 0 Å². The number of hydrogen-bond acceptors (Lipinski definition) is 2. The molecule has 1 aliphatic rings. The minimum Gasteiger partial charge on any atom is -0.385 e. The number of likely N-dealkylation sites (N-methyl/N-ethyl adjacent to an activating group) is 1. The Bertz CT molecular complexity index is 701. The predicted octanol–water partition coefficient (Wildman–Crippen LogP) is 0.624. The van der Waals surface area contributed by atoms with E-state index in [0.717, 1.165) is 11.1 Å². The maximum atomic E-state index is 13.3. The van der Waals surface area contributed by atoms with Crippen molar-refractivity contribution in [2.75, 3.05) is 40.3 Å². The van der Waals surface area contributed by atoms with Crippen LogP contribution >= 0.6 is 0 Å². The lowest BCUT2D eigenvalue weighted by atomic mass is 10.0. The van der Waals surface area contributed by atoms with Crippen molar-refractivity contribution in [3.05, 3.63) is 71.3 Å². The van der Waals surface area contributed by atoms with Gasteiger partial charge in [-0.05, 0) is 35.4 Å². The van der Waals surface area contributed by atoms with Crippen molar-refractivity contribution in [3.63, 3.8) is 0 Å². The smallest absolute Gasteiger partial charge is 0.126 e. The molecule has 2 atom stereocenters. The molecule has 0 bridgehead atoms. The third-order valence-corrected chi connectivity index (χ3v) is 5.89. The SMILES string of the molecule is C[NH+]1CCC([NH+](C)C[C@H](O)COC(c2ccc(F)cc2)c2ccc(F)cc2)CC1. The van der Waals surface area contributed by atoms with Gasteiger partial charge in [-0.25, -0.2) is 8.78 Å². The molecule has 1 heterocycles. The highest BCUT2D eigenvalue weighted by atomic mass is 19.1. The van der Waals surface area contributed by atoms with Gasteiger partial charge in [0.15, 0.2) is 0 Å². The van der Waals surface area contributed by atoms with Gasteiger partial charge in [-0.15, -0.1) is 0 Å². The molecule has 0 spiro atoms. The zero-order chi connectivity index (χ0) is 20.8. The monoisotopic (exact) mass is 406 g/mol. The summed E-state index contributed by atoms with van der Waals surface area (Å²) < 4.78 is 32.7. The molecule has 2 aromatic rings. The summed E-state index contributed by atoms with van der Waals surface area (Å²) in [4.78, 5) is 2.90. The first-order valence-corrected chi connectivity index (χ1v) is 10.4. The summed E-state index contributed by atoms with van der Waals surface area (Å²) in [6.45, 7) is 3.12. The molecule has 4 nitrogen and oxygen atoms in total. The quantitative estimate of drug-likeness (QED) is 0.602. The molecule has 1 saturated heterocycles. The number of aliphatic hydroxyl groups excluding tert-OH is 1. The van der Waals surface area contributed by atoms with Crippen LogP contribution in [0.25, 0.3) is 0 Å². The summed E-state index contributed by atoms with van der Waals surface area (Å²) in [6, 6.07) is 12.7. The fourth-order valence-corrected chi connectivity index (χ4v) is 4.07. The molecule has 1 unspecified atom stereocenters. The summed E-state index contributed by atoms with van der Waals surface area (Å²) in [5.41, 5.74) is 1.54. The van der Waals surface area contributed by atoms with Crippen molar-refractivity contribution >= 4 is 0 Å². The van der Waals surface area contributed by atoms with Crippen LogP contribution in [0.4, 0.5) is 8.78 Å². The normalized spacial score (nSPS) is 21.9. The Kier molecular flexibility index (Phi) is 7.72. The molecule has 0 saturated carbocycles. The van der Waals surface area contributed by atoms with Gasteiger partial charge < -0.3 is 19.6 Å². The minimum atomic E-state index is -0.606. The summed E-state index contributed by atoms with van der Waals surface area (Å²) in [6.07, 6.45) is 1.24. The maximum Gasteiger partial charge on any atom is 0.126 e. The summed E-state index contributed by atoms with van der Waals surface area (Å²) in [5, 5.41) is 10.6. The second-order valence-electron chi connectivity index (χ2n) is 8.25. The van der Waals surface area contributed by atoms with E-state index in [2.05, 4.69) is 14.1 Å². The average molecular weight is 407 g/mol. The maximum absolute atomic E-state index is 13.3. The second-order valence-corrected chi connectivity index (χ2v) is 8.25. The van der Waals surface area contributed by atoms with Gasteiger partial charge >= 0.3 is 0 Å². The van der Waals surface area contributed by atoms with Gasteiger partial charge in [0, 0.05) is 12.8 Å². The molecule has 0 radical (unpaired) electrons. The van der Waals surface area contributed by atoms with Gasteiger partial charge in [0.25, 0.3) is 0 Å². The van der Waals surface area contributed by atoms with Gasteiger partial charge in [-0.1, -0.05) is 24.3 Å². The third kappa shape index (κ3) is 6.31. The predicted molar refractivity (Wildman–Crippen MR) is 108 cm³/mol. The minimum absolute atomic E-state index is 0.161. The summed E-state index contributed by atoms with van der Waals surface area (Å²) in [7, 11) is 4.35. The van der Waals surface area contributed by atoms with Crippen molar-refractivity contribution in [1.82, 2.24) is 0 Å². The van der Waals surface area contributed by atoms with Crippen molar-refractivity contribution in [2.45, 2.75) is 31.1 Å². The number of ether oxygens (including phenoxy) is 1. The van der Waals surface area contributed by atoms with E-state index >= 15 is 0 Å². The van der Waals surface area contributed by atoms with Crippen molar-refractivity contribution in [2.24, 2.45) is 0 Å². The third-order valence-electron chi connectivity index (χ3n) is 5.89. The molecule has 29 heavy (non-hydrogen) atoms. The number of quaternary nitrogens is 2. The van der Waals surface area contributed by atoms with Crippen LogP contribution in [0, 0.1) is 11.6 Å². The Balaban J connectivity index is 1.61. The standard InChI is InChI=1S/C23H30F2N2O2/c1-26-13-11-21(12-14-26)27(2)15-22(28)16-29-23(17-3-7-19(24)8-4-17)18-5-9-20(25)10-6-18/h3-10,21-23,28H,11-16H2,1-2H3/p+2/t22-/m0/s1. The molecule has 0 amide bonds. The molecular formula is C23H32F2N2O2+2. The van der Waals surface area contributed by atoms with E-state index in [1.165, 1.54) is 55.1 Å². The van der Waals surface area contributed by atoms with Crippen LogP contribution in [0.15, 0.2) is 48.5 Å². The van der Waals surface area contributed by atoms with Crippen LogP contribution in [0.2, 0.25) is 0 Å². The van der Waals surface area contributed by atoms with Gasteiger partial charge in [0.1, 0.15) is 30.4 Å². The largest absolute Gasteiger partial charge is 0.385 e. The molecule has 0 aliphatic carbocycles. The number of piperidine rings is 1. The lowest BCUT2D eigenvalue weighted by Crippen LogP contribution is -3.18. The zero-order valence-electron chi connectivity index (χ0n) is 17.2. The molecule has 6 heteroatoms. The molecule has 158 valence electrons. The number of benzene rings is 2. The summed E-state index contributed by atoms with van der Waals surface area (Å²) in [5.74, 6) is -0.645. The molecule has 0 aromatic heterocycles. The van der Waals surface area contributed by atoms with Gasteiger partial charge in [-0.3, -0.25) is 0 Å². The lowest BCUT2D eigenvalue weighted by molar-refractivity contribution is -0.941. The first-order valence-electron chi connectivity index (χ1n) is 10.4. The van der Waals surface area contributed by atoms with Crippen LogP contribution in [0.3, 0.4) is 0 Å². The zero-order valence-corrected chi connectivity index (χ0v) is 17.2. The fourth-order valence-electron chi connectivity index (χ4n) is 4.07. The van der Waals surface area contributed by atoms with E-state index in [0.29, 0.717) is 12.6 Å². The number of nitrogens with one attached hydrogen (secondary N) is 2. The highest BCUT2D eigenvalue weighted by Crippen LogP contribution is 2.26. The fraction of sp³-hybridized carbons (Fsp3) is 0.478. The Morgan fingerprint density at radius 3 is 1.97 bits per heavy atom. The Labute approximate surface area is 171 Å². The lowest BCUT2D eigenvalue weighted by Gasteiger charge is -2.32. The van der Waals surface area contributed by atoms with Crippen molar-refractivity contribution in [1.29, 1.82) is 0 Å². The topological polar surface area (TPSA) is 38.3 Å². The number of likely N-dealkylation sites (tertiary alicyclic amines) is 1. The van der Waals surface area contributed by atoms with Gasteiger partial charge in [0.05, 0.1) is 39.8 Å². The number of aliphatic hydroxyl groups is 1. The van der Waals surface area contributed by atoms with Crippen LogP contribution in [-0.4, -0.2) is 57.6 Å². The Morgan fingerprint density at radius 1 is 1.00 bits per heavy atom. The van der Waals surface area contributed by atoms with E-state index in [-0.39, 0.29) is 18.2 Å². The van der Waals surface area contributed by atoms with Crippen LogP contribution < -0.4 is 9.80 Å². The average Bonchev–Trinajstić information content (AvgIpc) is 2.71. The highest BCUT2D eigenvalue weighted by Gasteiger charge is 2.28. The number of halogens is 2. The summed E-state index contributed by atoms with van der Waals surface area (Å²) >= 11 is 0. The highest BCUT2D eigenvalue weighted by molar-refractivity contribution is 5.30. The molecule has 3 rings (SSSR count). The number of rotatable bonds is 8. The first-order chi connectivity index (χ1) is 13.9. The van der Waals surface area contributed by atoms with Crippen LogP contribution in [0.5, 0.6) is 0 Å². The van der Waals surface area contributed by atoms with E-state index < -0.39 is 12.2 Å². The van der Waals surface area contributed by atoms with Crippen LogP contribution in [-0.2, 0) is 4.74 Å². The Morgan fingerprint density at radius 2 is 1.48 bits per heavy atom. The first kappa shape index (κ1) is 21.8. The van der Waals surface area contributed by atoms with E-state index in [9.17, 15) is 13.9 Å². The van der Waals surface area contributed by atoms with Crippen LogP contribution in [0.1, 0.15) is 30.1 Å². The van der Waals surface area contributed by atoms with Crippen molar-refractivity contribution < 1.29 is 28.4 Å². The molecule has 3 N–H and O–H groups in total. The second kappa shape index (κ2) is 10.3. The molecule has 1 fully saturated rings. The van der Waals surface area contributed by atoms with Gasteiger partial charge in [-0.2, -0.15) is 0 Å². The molecule has 2 aromatic carbocycles. The van der Waals surface area contributed by atoms with Gasteiger partial charge in [0.2, 0.25) is 0 Å². The number of hydrogen-bond donors (Lipinski definition) is 3. The van der Waals surface area contributed by atoms with E-state index in [1.807, 2.05) is 0 Å². The van der Waals surface area contributed by atoms with E-state index in [4.69, 9.17) is 4.74 Å². The Hall–Kier alpha value is -1.86. The molecule has 1 aliphatic heterocycles. The van der Waals surface area contributed by atoms with E-state index in [1.54, 1.807) is 29.2 Å². The molecular weight excluding hydrogens is 374 g/mol.